The second-order valence-corrected chi connectivity index (χ2v) is 15.6. The third-order valence-corrected chi connectivity index (χ3v) is 11.8. The lowest BCUT2D eigenvalue weighted by molar-refractivity contribution is -0.143. The van der Waals surface area contributed by atoms with Gasteiger partial charge in [0.15, 0.2) is 0 Å². The minimum Gasteiger partial charge on any atom is -0.489 e. The van der Waals surface area contributed by atoms with E-state index in [0.717, 1.165) is 62.4 Å². The smallest absolute Gasteiger partial charge is 0.393 e. The molecule has 0 unspecified atom stereocenters. The lowest BCUT2D eigenvalue weighted by Gasteiger charge is -2.49. The standard InChI is InChI=1S/C34H41F3N4O5S2/c35-34(36,37)20-27-26-3-1-4-29(40-23-6-8-24(9-7-23)41-15-12-33(13-16-41)21-45-22-33)32(26)47-31(27)5-2-14-39-28-11-10-25(48(38,43)44)19-30(28)46-18-17-42/h1,3-4,10-11,19,23-24,39-40,42H,6-9,12-18,20-22H2,(H2,38,43,44). The molecule has 3 aromatic rings. The van der Waals surface area contributed by atoms with E-state index in [1.807, 2.05) is 6.07 Å². The van der Waals surface area contributed by atoms with Gasteiger partial charge in [-0.1, -0.05) is 24.0 Å². The fourth-order valence-corrected chi connectivity index (χ4v) is 8.67. The molecule has 3 heterocycles. The molecule has 260 valence electrons. The number of likely N-dealkylation sites (tertiary alicyclic amines) is 1. The van der Waals surface area contributed by atoms with Gasteiger partial charge in [-0.25, -0.2) is 13.6 Å². The minimum absolute atomic E-state index is 0.0457. The van der Waals surface area contributed by atoms with Gasteiger partial charge in [-0.3, -0.25) is 0 Å². The third kappa shape index (κ3) is 8.21. The predicted molar refractivity (Wildman–Crippen MR) is 181 cm³/mol. The summed E-state index contributed by atoms with van der Waals surface area (Å²) in [6, 6.07) is 10.3. The van der Waals surface area contributed by atoms with Crippen molar-refractivity contribution in [3.05, 3.63) is 46.8 Å². The number of alkyl halides is 3. The number of benzene rings is 2. The third-order valence-electron chi connectivity index (χ3n) is 9.64. The molecular weight excluding hydrogens is 666 g/mol. The summed E-state index contributed by atoms with van der Waals surface area (Å²) in [6.07, 6.45) is 1.14. The lowest BCUT2D eigenvalue weighted by atomic mass is 9.76. The second-order valence-electron chi connectivity index (χ2n) is 13.0. The van der Waals surface area contributed by atoms with Crippen molar-refractivity contribution in [1.29, 1.82) is 0 Å². The quantitative estimate of drug-likeness (QED) is 0.209. The second kappa shape index (κ2) is 14.4. The van der Waals surface area contributed by atoms with E-state index in [9.17, 15) is 21.6 Å². The van der Waals surface area contributed by atoms with Crippen molar-refractivity contribution in [3.63, 3.8) is 0 Å². The highest BCUT2D eigenvalue weighted by Gasteiger charge is 2.42. The molecule has 1 aromatic heterocycles. The molecule has 0 bridgehead atoms. The molecule has 2 saturated heterocycles. The Morgan fingerprint density at radius 2 is 1.85 bits per heavy atom. The van der Waals surface area contributed by atoms with Crippen molar-refractivity contribution in [1.82, 2.24) is 4.90 Å². The summed E-state index contributed by atoms with van der Waals surface area (Å²) < 4.78 is 76.5. The normalized spacial score (nSPS) is 21.4. The largest absolute Gasteiger partial charge is 0.489 e. The van der Waals surface area contributed by atoms with Crippen LogP contribution in [-0.4, -0.2) is 82.7 Å². The van der Waals surface area contributed by atoms with Crippen molar-refractivity contribution in [2.45, 2.75) is 68.1 Å². The summed E-state index contributed by atoms with van der Waals surface area (Å²) in [4.78, 5) is 2.83. The molecule has 1 spiro atoms. The molecule has 2 aliphatic heterocycles. The number of piperidine rings is 1. The SMILES string of the molecule is NS(=O)(=O)c1ccc(NCC#Cc2sc3c(NC4CCC(N5CCC6(CC5)COC6)CC4)cccc3c2CC(F)(F)F)c(OCCO)c1. The topological polar surface area (TPSA) is 126 Å². The van der Waals surface area contributed by atoms with Gasteiger partial charge in [0.2, 0.25) is 10.0 Å². The molecule has 1 saturated carbocycles. The van der Waals surface area contributed by atoms with Gasteiger partial charge >= 0.3 is 6.18 Å². The highest BCUT2D eigenvalue weighted by Crippen LogP contribution is 2.42. The maximum Gasteiger partial charge on any atom is 0.393 e. The number of nitrogens with two attached hydrogens (primary N) is 1. The first-order chi connectivity index (χ1) is 22.9. The number of primary sulfonamides is 1. The summed E-state index contributed by atoms with van der Waals surface area (Å²) in [5.74, 6) is 6.01. The zero-order chi connectivity index (χ0) is 33.9. The summed E-state index contributed by atoms with van der Waals surface area (Å²) in [7, 11) is -3.98. The number of sulfonamides is 1. The zero-order valence-electron chi connectivity index (χ0n) is 26.6. The van der Waals surface area contributed by atoms with Crippen LogP contribution < -0.4 is 20.5 Å². The Morgan fingerprint density at radius 3 is 2.50 bits per heavy atom. The molecule has 3 fully saturated rings. The summed E-state index contributed by atoms with van der Waals surface area (Å²) in [6.45, 7) is 3.75. The minimum atomic E-state index is -4.41. The molecule has 0 radical (unpaired) electrons. The first-order valence-electron chi connectivity index (χ1n) is 16.3. The number of anilines is 2. The van der Waals surface area contributed by atoms with E-state index in [2.05, 4.69) is 27.4 Å². The Balaban J connectivity index is 1.15. The monoisotopic (exact) mass is 706 g/mol. The van der Waals surface area contributed by atoms with Gasteiger partial charge in [0.1, 0.15) is 12.4 Å². The predicted octanol–water partition coefficient (Wildman–Crippen LogP) is 5.32. The summed E-state index contributed by atoms with van der Waals surface area (Å²) in [5, 5.41) is 21.6. The van der Waals surface area contributed by atoms with Crippen LogP contribution in [0, 0.1) is 17.3 Å². The van der Waals surface area contributed by atoms with E-state index in [4.69, 9.17) is 19.7 Å². The molecule has 5 N–H and O–H groups in total. The number of hydrogen-bond donors (Lipinski definition) is 4. The van der Waals surface area contributed by atoms with Gasteiger partial charge in [0.05, 0.1) is 58.6 Å². The van der Waals surface area contributed by atoms with Crippen molar-refractivity contribution in [3.8, 4) is 17.6 Å². The molecule has 1 aliphatic carbocycles. The van der Waals surface area contributed by atoms with Crippen LogP contribution in [-0.2, 0) is 21.2 Å². The maximum absolute atomic E-state index is 13.8. The number of thiophene rings is 1. The van der Waals surface area contributed by atoms with Crippen LogP contribution in [0.1, 0.15) is 49.0 Å². The number of halogens is 3. The Kier molecular flexibility index (Phi) is 10.5. The van der Waals surface area contributed by atoms with Crippen LogP contribution in [0.15, 0.2) is 41.3 Å². The van der Waals surface area contributed by atoms with Gasteiger partial charge in [0.25, 0.3) is 0 Å². The van der Waals surface area contributed by atoms with Crippen LogP contribution in [0.4, 0.5) is 24.5 Å². The van der Waals surface area contributed by atoms with E-state index in [1.165, 1.54) is 42.4 Å². The van der Waals surface area contributed by atoms with E-state index < -0.39 is 22.6 Å². The zero-order valence-corrected chi connectivity index (χ0v) is 28.2. The van der Waals surface area contributed by atoms with Gasteiger partial charge in [-0.2, -0.15) is 13.2 Å². The Hall–Kier alpha value is -3.06. The number of hydrogen-bond acceptors (Lipinski definition) is 9. The number of rotatable bonds is 10. The lowest BCUT2D eigenvalue weighted by Crippen LogP contribution is -2.53. The molecule has 0 amide bonds. The first kappa shape index (κ1) is 34.8. The van der Waals surface area contributed by atoms with Crippen molar-refractivity contribution >= 4 is 42.8 Å². The average Bonchev–Trinajstić information content (AvgIpc) is 3.38. The highest BCUT2D eigenvalue weighted by molar-refractivity contribution is 7.89. The first-order valence-corrected chi connectivity index (χ1v) is 18.6. The number of ether oxygens (including phenoxy) is 2. The van der Waals surface area contributed by atoms with E-state index in [0.29, 0.717) is 27.4 Å². The van der Waals surface area contributed by atoms with Crippen LogP contribution in [0.25, 0.3) is 10.1 Å². The van der Waals surface area contributed by atoms with Crippen LogP contribution >= 0.6 is 11.3 Å². The van der Waals surface area contributed by atoms with Gasteiger partial charge < -0.3 is 30.1 Å². The molecule has 0 atom stereocenters. The van der Waals surface area contributed by atoms with E-state index in [1.54, 1.807) is 12.1 Å². The molecule has 6 rings (SSSR count). The molecule has 2 aromatic carbocycles. The number of aliphatic hydroxyl groups is 1. The van der Waals surface area contributed by atoms with E-state index >= 15 is 0 Å². The summed E-state index contributed by atoms with van der Waals surface area (Å²) in [5.41, 5.74) is 1.81. The van der Waals surface area contributed by atoms with Crippen molar-refractivity contribution in [2.24, 2.45) is 10.6 Å². The highest BCUT2D eigenvalue weighted by atomic mass is 32.2. The number of fused-ring (bicyclic) bond motifs is 1. The molecule has 14 heteroatoms. The number of nitrogens with one attached hydrogen (secondary N) is 2. The van der Waals surface area contributed by atoms with Gasteiger partial charge in [-0.05, 0) is 80.8 Å². The van der Waals surface area contributed by atoms with Crippen molar-refractivity contribution in [2.75, 3.05) is 56.7 Å². The fraction of sp³-hybridized carbons (Fsp3) is 0.529. The van der Waals surface area contributed by atoms with Crippen LogP contribution in [0.3, 0.4) is 0 Å². The Morgan fingerprint density at radius 1 is 1.10 bits per heavy atom. The Labute approximate surface area is 283 Å². The number of aliphatic hydroxyl groups excluding tert-OH is 1. The molecule has 9 nitrogen and oxygen atoms in total. The van der Waals surface area contributed by atoms with Gasteiger partial charge in [-0.15, -0.1) is 11.3 Å². The van der Waals surface area contributed by atoms with Crippen molar-refractivity contribution < 1.29 is 36.2 Å². The number of nitrogens with zero attached hydrogens (tertiary/aromatic N) is 1. The Bertz CT molecular complexity index is 1760. The van der Waals surface area contributed by atoms with Crippen LogP contribution in [0.5, 0.6) is 5.75 Å². The molecular formula is C34H41F3N4O5S2. The van der Waals surface area contributed by atoms with Gasteiger partial charge in [0, 0.05) is 23.6 Å². The summed E-state index contributed by atoms with van der Waals surface area (Å²) >= 11 is 1.26. The fourth-order valence-electron chi connectivity index (χ4n) is 6.97. The maximum atomic E-state index is 13.8. The molecule has 48 heavy (non-hydrogen) atoms. The average molecular weight is 707 g/mol. The van der Waals surface area contributed by atoms with E-state index in [-0.39, 0.29) is 42.0 Å². The molecule has 3 aliphatic rings. The van der Waals surface area contributed by atoms with Crippen LogP contribution in [0.2, 0.25) is 0 Å².